The number of carbonyl (C=O) groups is 2. The summed E-state index contributed by atoms with van der Waals surface area (Å²) in [6, 6.07) is 3.39. The van der Waals surface area contributed by atoms with E-state index in [9.17, 15) is 9.59 Å². The Morgan fingerprint density at radius 2 is 2.14 bits per heavy atom. The number of thioether (sulfide) groups is 1. The van der Waals surface area contributed by atoms with Crippen LogP contribution in [0.3, 0.4) is 0 Å². The zero-order valence-electron chi connectivity index (χ0n) is 15.8. The quantitative estimate of drug-likeness (QED) is 0.312. The number of methoxy groups -OCH3 is 2. The summed E-state index contributed by atoms with van der Waals surface area (Å²) in [5.41, 5.74) is 0.641. The Kier molecular flexibility index (Phi) is 7.89. The lowest BCUT2D eigenvalue weighted by Gasteiger charge is -2.17. The molecule has 150 valence electrons. The fourth-order valence-electron chi connectivity index (χ4n) is 2.00. The Balaban J connectivity index is 2.15. The highest BCUT2D eigenvalue weighted by molar-refractivity contribution is 8.18. The lowest BCUT2D eigenvalue weighted by molar-refractivity contribution is -0.135. The zero-order chi connectivity index (χ0) is 20.7. The van der Waals surface area contributed by atoms with E-state index in [4.69, 9.17) is 21.1 Å². The van der Waals surface area contributed by atoms with Gasteiger partial charge in [-0.2, -0.15) is 5.10 Å². The maximum atomic E-state index is 11.8. The fourth-order valence-corrected chi connectivity index (χ4v) is 3.00. The van der Waals surface area contributed by atoms with E-state index >= 15 is 0 Å². The number of hydrogen-bond acceptors (Lipinski definition) is 8. The number of ether oxygens (including phenoxy) is 3. The van der Waals surface area contributed by atoms with Crippen LogP contribution in [-0.2, 0) is 14.3 Å². The molecule has 1 aliphatic rings. The largest absolute Gasteiger partial charge is 0.493 e. The number of halogens is 1. The topological polar surface area (TPSA) is 98.6 Å². The van der Waals surface area contributed by atoms with Gasteiger partial charge in [0.05, 0.1) is 36.5 Å². The summed E-state index contributed by atoms with van der Waals surface area (Å²) >= 11 is 7.29. The molecule has 1 heterocycles. The van der Waals surface area contributed by atoms with E-state index in [0.717, 1.165) is 24.3 Å². The number of carbonyl (C=O) groups excluding carboxylic acids is 2. The lowest BCUT2D eigenvalue weighted by atomic mass is 10.2. The minimum absolute atomic E-state index is 0.00689. The van der Waals surface area contributed by atoms with E-state index in [1.807, 2.05) is 13.8 Å². The molecule has 0 aliphatic carbocycles. The Hall–Kier alpha value is -2.52. The summed E-state index contributed by atoms with van der Waals surface area (Å²) in [7, 11) is 2.75. The van der Waals surface area contributed by atoms with Crippen molar-refractivity contribution < 1.29 is 23.8 Å². The summed E-state index contributed by atoms with van der Waals surface area (Å²) in [5, 5.41) is 11.0. The molecule has 0 saturated carbocycles. The van der Waals surface area contributed by atoms with Crippen molar-refractivity contribution in [3.8, 4) is 11.5 Å². The van der Waals surface area contributed by atoms with Crippen LogP contribution < -0.4 is 14.8 Å². The standard InChI is InChI=1S/C18H20ClN3O5S/c1-5-10(2)27-16-12(19)6-11(7-13(16)25-3)9-20-22-18-21-17(24)14(28-18)8-15(23)26-4/h6-10H,5H2,1-4H3,(H,21,22,24)/b14-8+,20-9?. The molecule has 1 amide bonds. The first kappa shape index (κ1) is 21.8. The minimum atomic E-state index is -0.621. The molecule has 1 unspecified atom stereocenters. The first-order chi connectivity index (χ1) is 13.4. The van der Waals surface area contributed by atoms with Crippen molar-refractivity contribution in [1.82, 2.24) is 5.32 Å². The van der Waals surface area contributed by atoms with Crippen LogP contribution in [0, 0.1) is 0 Å². The molecule has 0 spiro atoms. The molecular weight excluding hydrogens is 406 g/mol. The average Bonchev–Trinajstić information content (AvgIpc) is 3.02. The number of nitrogens with one attached hydrogen (secondary N) is 1. The molecule has 0 bridgehead atoms. The Morgan fingerprint density at radius 3 is 2.79 bits per heavy atom. The van der Waals surface area contributed by atoms with Gasteiger partial charge in [-0.1, -0.05) is 18.5 Å². The number of esters is 1. The third-order valence-corrected chi connectivity index (χ3v) is 4.78. The molecule has 0 aromatic heterocycles. The third-order valence-electron chi connectivity index (χ3n) is 3.60. The molecule has 8 nitrogen and oxygen atoms in total. The van der Waals surface area contributed by atoms with Gasteiger partial charge in [-0.05, 0) is 37.2 Å². The monoisotopic (exact) mass is 425 g/mol. The predicted octanol–water partition coefficient (Wildman–Crippen LogP) is 3.14. The van der Waals surface area contributed by atoms with Gasteiger partial charge in [0, 0.05) is 11.6 Å². The van der Waals surface area contributed by atoms with Crippen molar-refractivity contribution >= 4 is 46.6 Å². The number of hydrogen-bond donors (Lipinski definition) is 1. The molecule has 1 aliphatic heterocycles. The molecule has 1 N–H and O–H groups in total. The van der Waals surface area contributed by atoms with Crippen LogP contribution in [0.4, 0.5) is 0 Å². The van der Waals surface area contributed by atoms with Gasteiger partial charge in [0.15, 0.2) is 16.7 Å². The van der Waals surface area contributed by atoms with Gasteiger partial charge in [0.25, 0.3) is 5.91 Å². The number of rotatable bonds is 7. The summed E-state index contributed by atoms with van der Waals surface area (Å²) in [4.78, 5) is 23.2. The Bertz CT molecular complexity index is 854. The molecule has 1 atom stereocenters. The third kappa shape index (κ3) is 5.74. The van der Waals surface area contributed by atoms with E-state index in [-0.39, 0.29) is 16.2 Å². The van der Waals surface area contributed by atoms with Gasteiger partial charge in [-0.15, -0.1) is 5.10 Å². The highest BCUT2D eigenvalue weighted by atomic mass is 35.5. The summed E-state index contributed by atoms with van der Waals surface area (Å²) in [6.07, 6.45) is 3.37. The van der Waals surface area contributed by atoms with Crippen LogP contribution in [0.15, 0.2) is 33.3 Å². The van der Waals surface area contributed by atoms with Gasteiger partial charge in [-0.3, -0.25) is 10.1 Å². The fraction of sp³-hybridized carbons (Fsp3) is 0.333. The summed E-state index contributed by atoms with van der Waals surface area (Å²) in [5.74, 6) is -0.114. The van der Waals surface area contributed by atoms with E-state index in [1.165, 1.54) is 20.4 Å². The highest BCUT2D eigenvalue weighted by Gasteiger charge is 2.25. The maximum Gasteiger partial charge on any atom is 0.331 e. The molecule has 1 fully saturated rings. The van der Waals surface area contributed by atoms with Crippen molar-refractivity contribution in [2.24, 2.45) is 10.2 Å². The average molecular weight is 426 g/mol. The van der Waals surface area contributed by atoms with Crippen LogP contribution >= 0.6 is 23.4 Å². The smallest absolute Gasteiger partial charge is 0.331 e. The van der Waals surface area contributed by atoms with E-state index < -0.39 is 11.9 Å². The van der Waals surface area contributed by atoms with Gasteiger partial charge < -0.3 is 14.2 Å². The second-order valence-electron chi connectivity index (χ2n) is 5.61. The second kappa shape index (κ2) is 10.1. The molecule has 2 rings (SSSR count). The van der Waals surface area contributed by atoms with Crippen LogP contribution in [0.2, 0.25) is 5.02 Å². The predicted molar refractivity (Wildman–Crippen MR) is 109 cm³/mol. The van der Waals surface area contributed by atoms with Gasteiger partial charge in [-0.25, -0.2) is 4.79 Å². The van der Waals surface area contributed by atoms with Crippen LogP contribution in [-0.4, -0.2) is 43.6 Å². The molecule has 10 heteroatoms. The van der Waals surface area contributed by atoms with E-state index in [1.54, 1.807) is 12.1 Å². The number of amidine groups is 1. The van der Waals surface area contributed by atoms with Gasteiger partial charge >= 0.3 is 5.97 Å². The van der Waals surface area contributed by atoms with E-state index in [0.29, 0.717) is 22.1 Å². The Morgan fingerprint density at radius 1 is 1.39 bits per heavy atom. The van der Waals surface area contributed by atoms with Gasteiger partial charge in [0.2, 0.25) is 0 Å². The minimum Gasteiger partial charge on any atom is -0.493 e. The Labute approximate surface area is 172 Å². The maximum absolute atomic E-state index is 11.8. The first-order valence-corrected chi connectivity index (χ1v) is 9.51. The van der Waals surface area contributed by atoms with Gasteiger partial charge in [0.1, 0.15) is 0 Å². The van der Waals surface area contributed by atoms with Crippen molar-refractivity contribution in [2.45, 2.75) is 26.4 Å². The normalized spacial score (nSPS) is 17.8. The number of benzene rings is 1. The first-order valence-electron chi connectivity index (χ1n) is 8.32. The van der Waals surface area contributed by atoms with Crippen molar-refractivity contribution in [3.63, 3.8) is 0 Å². The molecule has 1 saturated heterocycles. The van der Waals surface area contributed by atoms with Crippen LogP contribution in [0.1, 0.15) is 25.8 Å². The molecule has 0 radical (unpaired) electrons. The molecular formula is C18H20ClN3O5S. The lowest BCUT2D eigenvalue weighted by Crippen LogP contribution is -2.19. The van der Waals surface area contributed by atoms with Crippen molar-refractivity contribution in [3.05, 3.63) is 33.7 Å². The van der Waals surface area contributed by atoms with Crippen molar-refractivity contribution in [1.29, 1.82) is 0 Å². The number of amides is 1. The second-order valence-corrected chi connectivity index (χ2v) is 7.05. The number of nitrogens with zero attached hydrogens (tertiary/aromatic N) is 2. The molecule has 1 aromatic carbocycles. The summed E-state index contributed by atoms with van der Waals surface area (Å²) in [6.45, 7) is 3.95. The molecule has 28 heavy (non-hydrogen) atoms. The van der Waals surface area contributed by atoms with E-state index in [2.05, 4.69) is 20.3 Å². The summed E-state index contributed by atoms with van der Waals surface area (Å²) < 4.78 is 15.6. The van der Waals surface area contributed by atoms with Crippen molar-refractivity contribution in [2.75, 3.05) is 14.2 Å². The highest BCUT2D eigenvalue weighted by Crippen LogP contribution is 2.37. The van der Waals surface area contributed by atoms with Crippen LogP contribution in [0.5, 0.6) is 11.5 Å². The zero-order valence-corrected chi connectivity index (χ0v) is 17.4. The SMILES string of the molecule is CCC(C)Oc1c(Cl)cc(C=N/N=C2/NC(=O)/C(=C\C(=O)OC)S2)cc1OC. The molecule has 1 aromatic rings. The van der Waals surface area contributed by atoms with Crippen LogP contribution in [0.25, 0.3) is 0 Å².